The van der Waals surface area contributed by atoms with Gasteiger partial charge >= 0.3 is 0 Å². The lowest BCUT2D eigenvalue weighted by atomic mass is 10.2. The lowest BCUT2D eigenvalue weighted by molar-refractivity contribution is 0.0923. The number of hydrogen-bond acceptors (Lipinski definition) is 3. The summed E-state index contributed by atoms with van der Waals surface area (Å²) in [6, 6.07) is 4.16. The average molecular weight is 210 g/mol. The molecule has 1 N–H and O–H groups in total. The van der Waals surface area contributed by atoms with Gasteiger partial charge in [0.2, 0.25) is 5.95 Å². The van der Waals surface area contributed by atoms with E-state index in [1.165, 1.54) is 18.2 Å². The zero-order valence-corrected chi connectivity index (χ0v) is 8.07. The zero-order chi connectivity index (χ0) is 10.7. The second-order valence-corrected chi connectivity index (χ2v) is 3.38. The summed E-state index contributed by atoms with van der Waals surface area (Å²) in [6.07, 6.45) is 0.793. The SMILES string of the molecule is O=C(NC1CCOC1)c1cccc(F)n1. The van der Waals surface area contributed by atoms with Crippen LogP contribution in [0.3, 0.4) is 0 Å². The highest BCUT2D eigenvalue weighted by Gasteiger charge is 2.19. The summed E-state index contributed by atoms with van der Waals surface area (Å²) < 4.78 is 17.8. The van der Waals surface area contributed by atoms with Crippen molar-refractivity contribution in [1.29, 1.82) is 0 Å². The molecule has 1 atom stereocenters. The van der Waals surface area contributed by atoms with Gasteiger partial charge in [0.25, 0.3) is 5.91 Å². The van der Waals surface area contributed by atoms with E-state index in [0.29, 0.717) is 13.2 Å². The van der Waals surface area contributed by atoms with Gasteiger partial charge in [0.05, 0.1) is 12.6 Å². The van der Waals surface area contributed by atoms with E-state index in [1.54, 1.807) is 0 Å². The Morgan fingerprint density at radius 2 is 2.47 bits per heavy atom. The molecular weight excluding hydrogens is 199 g/mol. The van der Waals surface area contributed by atoms with Gasteiger partial charge in [0, 0.05) is 6.61 Å². The molecule has 4 nitrogen and oxygen atoms in total. The van der Waals surface area contributed by atoms with Crippen molar-refractivity contribution in [2.24, 2.45) is 0 Å². The maximum atomic E-state index is 12.7. The van der Waals surface area contributed by atoms with E-state index in [9.17, 15) is 9.18 Å². The highest BCUT2D eigenvalue weighted by Crippen LogP contribution is 2.05. The number of amides is 1. The van der Waals surface area contributed by atoms with Crippen molar-refractivity contribution in [1.82, 2.24) is 10.3 Å². The predicted molar refractivity (Wildman–Crippen MR) is 50.9 cm³/mol. The Bertz CT molecular complexity index is 364. The molecule has 0 aliphatic carbocycles. The van der Waals surface area contributed by atoms with Crippen molar-refractivity contribution >= 4 is 5.91 Å². The van der Waals surface area contributed by atoms with Crippen LogP contribution in [0.25, 0.3) is 0 Å². The van der Waals surface area contributed by atoms with Crippen molar-refractivity contribution in [2.75, 3.05) is 13.2 Å². The van der Waals surface area contributed by atoms with E-state index >= 15 is 0 Å². The fourth-order valence-electron chi connectivity index (χ4n) is 1.44. The molecule has 1 saturated heterocycles. The molecule has 2 rings (SSSR count). The monoisotopic (exact) mass is 210 g/mol. The molecule has 0 radical (unpaired) electrons. The minimum Gasteiger partial charge on any atom is -0.379 e. The standard InChI is InChI=1S/C10H11FN2O2/c11-9-3-1-2-8(13-9)10(14)12-7-4-5-15-6-7/h1-3,7H,4-6H2,(H,12,14). The van der Waals surface area contributed by atoms with Gasteiger partial charge < -0.3 is 10.1 Å². The average Bonchev–Trinajstić information content (AvgIpc) is 2.70. The molecular formula is C10H11FN2O2. The van der Waals surface area contributed by atoms with Crippen LogP contribution in [0, 0.1) is 5.95 Å². The van der Waals surface area contributed by atoms with Crippen LogP contribution in [0.15, 0.2) is 18.2 Å². The molecule has 5 heteroatoms. The van der Waals surface area contributed by atoms with Crippen molar-refractivity contribution < 1.29 is 13.9 Å². The molecule has 1 unspecified atom stereocenters. The Balaban J connectivity index is 2.01. The maximum Gasteiger partial charge on any atom is 0.270 e. The van der Waals surface area contributed by atoms with Crippen LogP contribution in [0.2, 0.25) is 0 Å². The van der Waals surface area contributed by atoms with Crippen molar-refractivity contribution in [3.05, 3.63) is 29.8 Å². The van der Waals surface area contributed by atoms with Crippen molar-refractivity contribution in [3.63, 3.8) is 0 Å². The van der Waals surface area contributed by atoms with Gasteiger partial charge in [-0.3, -0.25) is 4.79 Å². The number of ether oxygens (including phenoxy) is 1. The second kappa shape index (κ2) is 4.35. The molecule has 0 spiro atoms. The number of hydrogen-bond donors (Lipinski definition) is 1. The summed E-state index contributed by atoms with van der Waals surface area (Å²) >= 11 is 0. The number of carbonyl (C=O) groups is 1. The first-order valence-electron chi connectivity index (χ1n) is 4.77. The maximum absolute atomic E-state index is 12.7. The quantitative estimate of drug-likeness (QED) is 0.732. The van der Waals surface area contributed by atoms with Crippen molar-refractivity contribution in [2.45, 2.75) is 12.5 Å². The summed E-state index contributed by atoms with van der Waals surface area (Å²) in [4.78, 5) is 15.1. The molecule has 1 aliphatic rings. The molecule has 0 aromatic carbocycles. The molecule has 80 valence electrons. The zero-order valence-electron chi connectivity index (χ0n) is 8.07. The molecule has 1 aromatic rings. The Morgan fingerprint density at radius 1 is 1.60 bits per heavy atom. The molecule has 15 heavy (non-hydrogen) atoms. The van der Waals surface area contributed by atoms with Crippen molar-refractivity contribution in [3.8, 4) is 0 Å². The second-order valence-electron chi connectivity index (χ2n) is 3.38. The third kappa shape index (κ3) is 2.50. The van der Waals surface area contributed by atoms with Crippen LogP contribution in [0.1, 0.15) is 16.9 Å². The first kappa shape index (κ1) is 10.0. The highest BCUT2D eigenvalue weighted by molar-refractivity contribution is 5.92. The third-order valence-electron chi connectivity index (χ3n) is 2.21. The molecule has 1 amide bonds. The number of nitrogens with one attached hydrogen (secondary N) is 1. The normalized spacial score (nSPS) is 20.2. The van der Waals surface area contributed by atoms with Gasteiger partial charge in [-0.05, 0) is 18.6 Å². The smallest absolute Gasteiger partial charge is 0.270 e. The van der Waals surface area contributed by atoms with Crippen LogP contribution in [0.4, 0.5) is 4.39 Å². The largest absolute Gasteiger partial charge is 0.379 e. The molecule has 0 bridgehead atoms. The van der Waals surface area contributed by atoms with E-state index in [0.717, 1.165) is 6.42 Å². The Kier molecular flexibility index (Phi) is 2.91. The van der Waals surface area contributed by atoms with E-state index < -0.39 is 5.95 Å². The fourth-order valence-corrected chi connectivity index (χ4v) is 1.44. The summed E-state index contributed by atoms with van der Waals surface area (Å²) in [5.74, 6) is -1.00. The number of pyridine rings is 1. The topological polar surface area (TPSA) is 51.2 Å². The number of carbonyl (C=O) groups excluding carboxylic acids is 1. The molecule has 2 heterocycles. The summed E-state index contributed by atoms with van der Waals surface area (Å²) in [6.45, 7) is 1.17. The number of rotatable bonds is 2. The lowest BCUT2D eigenvalue weighted by Gasteiger charge is -2.09. The Labute approximate surface area is 86.5 Å². The van der Waals surface area contributed by atoms with Gasteiger partial charge in [0.1, 0.15) is 5.69 Å². The van der Waals surface area contributed by atoms with Crippen LogP contribution < -0.4 is 5.32 Å². The Morgan fingerprint density at radius 3 is 3.13 bits per heavy atom. The fraction of sp³-hybridized carbons (Fsp3) is 0.400. The van der Waals surface area contributed by atoms with Gasteiger partial charge in [-0.15, -0.1) is 0 Å². The van der Waals surface area contributed by atoms with Crippen LogP contribution >= 0.6 is 0 Å². The highest BCUT2D eigenvalue weighted by atomic mass is 19.1. The van der Waals surface area contributed by atoms with Gasteiger partial charge in [-0.1, -0.05) is 6.07 Å². The molecule has 0 saturated carbocycles. The minimum absolute atomic E-state index is 0.0163. The summed E-state index contributed by atoms with van der Waals surface area (Å²) in [5.41, 5.74) is 0.0990. The predicted octanol–water partition coefficient (Wildman–Crippen LogP) is 0.739. The number of halogens is 1. The van der Waals surface area contributed by atoms with Gasteiger partial charge in [-0.2, -0.15) is 4.39 Å². The minimum atomic E-state index is -0.648. The van der Waals surface area contributed by atoms with Crippen LogP contribution in [-0.4, -0.2) is 30.1 Å². The van der Waals surface area contributed by atoms with Crippen LogP contribution in [-0.2, 0) is 4.74 Å². The van der Waals surface area contributed by atoms with Gasteiger partial charge in [0.15, 0.2) is 0 Å². The third-order valence-corrected chi connectivity index (χ3v) is 2.21. The van der Waals surface area contributed by atoms with Crippen LogP contribution in [0.5, 0.6) is 0 Å². The molecule has 1 aromatic heterocycles. The number of aromatic nitrogens is 1. The van der Waals surface area contributed by atoms with Gasteiger partial charge in [-0.25, -0.2) is 4.98 Å². The first-order chi connectivity index (χ1) is 7.25. The summed E-state index contributed by atoms with van der Waals surface area (Å²) in [7, 11) is 0. The van der Waals surface area contributed by atoms with E-state index in [4.69, 9.17) is 4.74 Å². The molecule has 1 aliphatic heterocycles. The van der Waals surface area contributed by atoms with E-state index in [2.05, 4.69) is 10.3 Å². The molecule has 1 fully saturated rings. The number of nitrogens with zero attached hydrogens (tertiary/aromatic N) is 1. The Hall–Kier alpha value is -1.49. The van der Waals surface area contributed by atoms with E-state index in [-0.39, 0.29) is 17.6 Å². The summed E-state index contributed by atoms with van der Waals surface area (Å²) in [5, 5.41) is 2.73. The van der Waals surface area contributed by atoms with E-state index in [1.807, 2.05) is 0 Å². The first-order valence-corrected chi connectivity index (χ1v) is 4.77. The lowest BCUT2D eigenvalue weighted by Crippen LogP contribution is -2.35.